The van der Waals surface area contributed by atoms with Crippen molar-refractivity contribution in [2.45, 2.75) is 0 Å². The molecule has 86 valence electrons. The van der Waals surface area contributed by atoms with Gasteiger partial charge in [-0.15, -0.1) is 0 Å². The van der Waals surface area contributed by atoms with Crippen LogP contribution in [0.4, 0.5) is 5.69 Å². The fourth-order valence-corrected chi connectivity index (χ4v) is 1.17. The molecule has 7 heteroatoms. The summed E-state index contributed by atoms with van der Waals surface area (Å²) in [6, 6.07) is 6.99. The molecule has 1 aromatic carbocycles. The van der Waals surface area contributed by atoms with Crippen LogP contribution in [-0.2, 0) is 0 Å². The van der Waals surface area contributed by atoms with E-state index >= 15 is 0 Å². The molecule has 0 spiro atoms. The monoisotopic (exact) mass is 233 g/mol. The average Bonchev–Trinajstić information content (AvgIpc) is 2.29. The Morgan fingerprint density at radius 2 is 1.94 bits per heavy atom. The molecule has 0 fully saturated rings. The molecule has 17 heavy (non-hydrogen) atoms. The Morgan fingerprint density at radius 3 is 2.53 bits per heavy atom. The summed E-state index contributed by atoms with van der Waals surface area (Å²) in [5.41, 5.74) is -0.551. The normalized spacial score (nSPS) is 9.88. The number of ether oxygens (including phenoxy) is 1. The van der Waals surface area contributed by atoms with Crippen LogP contribution in [-0.4, -0.2) is 14.9 Å². The Hall–Kier alpha value is -2.70. The van der Waals surface area contributed by atoms with Crippen molar-refractivity contribution in [3.8, 4) is 11.6 Å². The number of hydrogen-bond acceptors (Lipinski definition) is 5. The number of H-pyrrole nitrogens is 1. The van der Waals surface area contributed by atoms with Crippen molar-refractivity contribution in [2.24, 2.45) is 0 Å². The van der Waals surface area contributed by atoms with Gasteiger partial charge in [-0.2, -0.15) is 0 Å². The lowest BCUT2D eigenvalue weighted by atomic mass is 10.3. The first kappa shape index (κ1) is 10.8. The van der Waals surface area contributed by atoms with Gasteiger partial charge in [-0.1, -0.05) is 0 Å². The lowest BCUT2D eigenvalue weighted by molar-refractivity contribution is -0.384. The molecule has 1 N–H and O–H groups in total. The lowest BCUT2D eigenvalue weighted by Gasteiger charge is -2.03. The summed E-state index contributed by atoms with van der Waals surface area (Å²) >= 11 is 0. The van der Waals surface area contributed by atoms with Gasteiger partial charge in [0.05, 0.1) is 4.92 Å². The SMILES string of the molecule is O=c1nccc(Oc2ccc([N+](=O)[O-])cc2)[nH]1. The van der Waals surface area contributed by atoms with Crippen molar-refractivity contribution >= 4 is 5.69 Å². The summed E-state index contributed by atoms with van der Waals surface area (Å²) in [4.78, 5) is 26.6. The predicted octanol–water partition coefficient (Wildman–Crippen LogP) is 1.47. The van der Waals surface area contributed by atoms with E-state index in [0.717, 1.165) is 0 Å². The van der Waals surface area contributed by atoms with Crippen molar-refractivity contribution in [2.75, 3.05) is 0 Å². The molecule has 0 amide bonds. The molecule has 7 nitrogen and oxygen atoms in total. The number of nitrogens with one attached hydrogen (secondary N) is 1. The van der Waals surface area contributed by atoms with E-state index < -0.39 is 10.6 Å². The van der Waals surface area contributed by atoms with Gasteiger partial charge in [0, 0.05) is 24.4 Å². The van der Waals surface area contributed by atoms with Crippen LogP contribution < -0.4 is 10.4 Å². The Balaban J connectivity index is 2.19. The summed E-state index contributed by atoms with van der Waals surface area (Å²) in [5, 5.41) is 10.4. The van der Waals surface area contributed by atoms with Crippen LogP contribution in [0.15, 0.2) is 41.3 Å². The van der Waals surface area contributed by atoms with Gasteiger partial charge in [0.1, 0.15) is 5.75 Å². The second-order valence-corrected chi connectivity index (χ2v) is 3.09. The third-order valence-electron chi connectivity index (χ3n) is 1.92. The van der Waals surface area contributed by atoms with Crippen molar-refractivity contribution in [1.29, 1.82) is 0 Å². The van der Waals surface area contributed by atoms with E-state index in [4.69, 9.17) is 4.74 Å². The van der Waals surface area contributed by atoms with Gasteiger partial charge in [-0.05, 0) is 12.1 Å². The van der Waals surface area contributed by atoms with Gasteiger partial charge in [-0.25, -0.2) is 9.78 Å². The number of hydrogen-bond donors (Lipinski definition) is 1. The number of rotatable bonds is 3. The molecule has 0 atom stereocenters. The highest BCUT2D eigenvalue weighted by atomic mass is 16.6. The summed E-state index contributed by atoms with van der Waals surface area (Å²) < 4.78 is 5.28. The second-order valence-electron chi connectivity index (χ2n) is 3.09. The van der Waals surface area contributed by atoms with Crippen molar-refractivity contribution in [3.63, 3.8) is 0 Å². The quantitative estimate of drug-likeness (QED) is 0.639. The topological polar surface area (TPSA) is 98.1 Å². The molecular weight excluding hydrogens is 226 g/mol. The maximum absolute atomic E-state index is 10.9. The Bertz CT molecular complexity index is 591. The van der Waals surface area contributed by atoms with Gasteiger partial charge in [0.15, 0.2) is 0 Å². The predicted molar refractivity (Wildman–Crippen MR) is 58.0 cm³/mol. The lowest BCUT2D eigenvalue weighted by Crippen LogP contribution is -2.09. The second kappa shape index (κ2) is 4.44. The third kappa shape index (κ3) is 2.65. The van der Waals surface area contributed by atoms with Gasteiger partial charge < -0.3 is 4.74 Å². The Labute approximate surface area is 94.9 Å². The van der Waals surface area contributed by atoms with Gasteiger partial charge in [0.2, 0.25) is 5.88 Å². The molecule has 0 aliphatic rings. The molecule has 0 unspecified atom stereocenters. The minimum absolute atomic E-state index is 0.0272. The molecule has 0 saturated heterocycles. The molecule has 2 aromatic rings. The maximum atomic E-state index is 10.9. The van der Waals surface area contributed by atoms with E-state index in [1.807, 2.05) is 0 Å². The Morgan fingerprint density at radius 1 is 1.24 bits per heavy atom. The number of aromatic amines is 1. The van der Waals surface area contributed by atoms with E-state index in [1.54, 1.807) is 0 Å². The molecule has 1 heterocycles. The highest BCUT2D eigenvalue weighted by Crippen LogP contribution is 2.21. The summed E-state index contributed by atoms with van der Waals surface area (Å²) in [6.45, 7) is 0. The van der Waals surface area contributed by atoms with Gasteiger partial charge in [-0.3, -0.25) is 15.1 Å². The highest BCUT2D eigenvalue weighted by molar-refractivity contribution is 5.37. The average molecular weight is 233 g/mol. The van der Waals surface area contributed by atoms with Crippen LogP contribution in [0.3, 0.4) is 0 Å². The number of benzene rings is 1. The largest absolute Gasteiger partial charge is 0.441 e. The zero-order valence-corrected chi connectivity index (χ0v) is 8.49. The molecule has 0 aliphatic carbocycles. The third-order valence-corrected chi connectivity index (χ3v) is 1.92. The number of aromatic nitrogens is 2. The van der Waals surface area contributed by atoms with Gasteiger partial charge >= 0.3 is 5.69 Å². The molecule has 0 saturated carbocycles. The standard InChI is InChI=1S/C10H7N3O4/c14-10-11-6-5-9(12-10)17-8-3-1-7(2-4-8)13(15)16/h1-6H,(H,11,12,14). The van der Waals surface area contributed by atoms with Crippen LogP contribution in [0, 0.1) is 10.1 Å². The maximum Gasteiger partial charge on any atom is 0.347 e. The van der Waals surface area contributed by atoms with Gasteiger partial charge in [0.25, 0.3) is 5.69 Å². The van der Waals surface area contributed by atoms with Crippen molar-refractivity contribution in [3.05, 3.63) is 57.1 Å². The smallest absolute Gasteiger partial charge is 0.347 e. The summed E-state index contributed by atoms with van der Waals surface area (Å²) in [6.07, 6.45) is 1.31. The van der Waals surface area contributed by atoms with Crippen LogP contribution in [0.25, 0.3) is 0 Å². The van der Waals surface area contributed by atoms with E-state index in [-0.39, 0.29) is 11.6 Å². The first-order valence-electron chi connectivity index (χ1n) is 4.63. The van der Waals surface area contributed by atoms with Crippen LogP contribution in [0.1, 0.15) is 0 Å². The van der Waals surface area contributed by atoms with E-state index in [1.165, 1.54) is 36.5 Å². The van der Waals surface area contributed by atoms with Crippen LogP contribution in [0.2, 0.25) is 0 Å². The highest BCUT2D eigenvalue weighted by Gasteiger charge is 2.05. The van der Waals surface area contributed by atoms with E-state index in [0.29, 0.717) is 5.75 Å². The molecule has 0 bridgehead atoms. The number of nitrogens with zero attached hydrogens (tertiary/aromatic N) is 2. The van der Waals surface area contributed by atoms with E-state index in [9.17, 15) is 14.9 Å². The zero-order chi connectivity index (χ0) is 12.3. The summed E-state index contributed by atoms with van der Waals surface area (Å²) in [5.74, 6) is 0.608. The number of non-ortho nitro benzene ring substituents is 1. The first-order chi connectivity index (χ1) is 8.15. The number of nitro benzene ring substituents is 1. The van der Waals surface area contributed by atoms with Crippen LogP contribution in [0.5, 0.6) is 11.6 Å². The zero-order valence-electron chi connectivity index (χ0n) is 8.49. The first-order valence-corrected chi connectivity index (χ1v) is 4.63. The van der Waals surface area contributed by atoms with Crippen molar-refractivity contribution < 1.29 is 9.66 Å². The summed E-state index contributed by atoms with van der Waals surface area (Å²) in [7, 11) is 0. The molecule has 2 rings (SSSR count). The Kier molecular flexibility index (Phi) is 2.82. The fraction of sp³-hybridized carbons (Fsp3) is 0. The fourth-order valence-electron chi connectivity index (χ4n) is 1.17. The van der Waals surface area contributed by atoms with Crippen molar-refractivity contribution in [1.82, 2.24) is 9.97 Å². The van der Waals surface area contributed by atoms with E-state index in [2.05, 4.69) is 9.97 Å². The minimum atomic E-state index is -0.524. The molecule has 1 aromatic heterocycles. The number of nitro groups is 1. The molecule has 0 aliphatic heterocycles. The molecule has 0 radical (unpaired) electrons. The minimum Gasteiger partial charge on any atom is -0.441 e. The van der Waals surface area contributed by atoms with Crippen LogP contribution >= 0.6 is 0 Å². The molecular formula is C10H7N3O4.